The molecule has 0 bridgehead atoms. The third-order valence-electron chi connectivity index (χ3n) is 5.96. The molecule has 1 fully saturated rings. The Balaban J connectivity index is 1.93. The number of amides is 1. The van der Waals surface area contributed by atoms with Crippen LogP contribution in [0.15, 0.2) is 36.4 Å². The SMILES string of the molecule is COc1cc(C(=O)N2CCC(CCS(C)(=O)=O)(c3ccc(F)cc3)C2)cc(OC)c1OC. The van der Waals surface area contributed by atoms with Gasteiger partial charge >= 0.3 is 0 Å². The highest BCUT2D eigenvalue weighted by Crippen LogP contribution is 2.41. The molecule has 0 aliphatic carbocycles. The molecule has 1 heterocycles. The van der Waals surface area contributed by atoms with Crippen LogP contribution in [-0.2, 0) is 15.3 Å². The molecule has 0 radical (unpaired) electrons. The van der Waals surface area contributed by atoms with E-state index >= 15 is 0 Å². The fourth-order valence-electron chi connectivity index (χ4n) is 4.20. The molecule has 3 rings (SSSR count). The largest absolute Gasteiger partial charge is 0.493 e. The highest BCUT2D eigenvalue weighted by molar-refractivity contribution is 7.90. The fourth-order valence-corrected chi connectivity index (χ4v) is 4.96. The summed E-state index contributed by atoms with van der Waals surface area (Å²) in [5, 5.41) is 0. The average Bonchev–Trinajstić information content (AvgIpc) is 3.21. The summed E-state index contributed by atoms with van der Waals surface area (Å²) in [6.45, 7) is 0.764. The van der Waals surface area contributed by atoms with Crippen LogP contribution in [0, 0.1) is 5.82 Å². The number of likely N-dealkylation sites (tertiary alicyclic amines) is 1. The van der Waals surface area contributed by atoms with Crippen molar-refractivity contribution < 1.29 is 31.8 Å². The molecule has 0 spiro atoms. The van der Waals surface area contributed by atoms with E-state index in [1.165, 1.54) is 39.7 Å². The summed E-state index contributed by atoms with van der Waals surface area (Å²) in [6, 6.07) is 9.26. The maximum Gasteiger partial charge on any atom is 0.254 e. The van der Waals surface area contributed by atoms with Crippen LogP contribution in [0.3, 0.4) is 0 Å². The van der Waals surface area contributed by atoms with E-state index in [9.17, 15) is 17.6 Å². The Hall–Kier alpha value is -2.81. The second kappa shape index (κ2) is 9.36. The molecule has 1 aliphatic rings. The zero-order valence-electron chi connectivity index (χ0n) is 18.7. The van der Waals surface area contributed by atoms with E-state index in [1.807, 2.05) is 0 Å². The van der Waals surface area contributed by atoms with E-state index in [1.54, 1.807) is 29.2 Å². The van der Waals surface area contributed by atoms with Crippen LogP contribution in [0.25, 0.3) is 0 Å². The molecular weight excluding hydrogens is 437 g/mol. The number of carbonyl (C=O) groups is 1. The quantitative estimate of drug-likeness (QED) is 0.596. The van der Waals surface area contributed by atoms with Gasteiger partial charge in [0.05, 0.1) is 27.1 Å². The molecule has 174 valence electrons. The maximum atomic E-state index is 13.5. The predicted molar refractivity (Wildman–Crippen MR) is 119 cm³/mol. The fraction of sp³-hybridized carbons (Fsp3) is 0.435. The molecule has 1 unspecified atom stereocenters. The summed E-state index contributed by atoms with van der Waals surface area (Å²) in [7, 11) is 1.24. The lowest BCUT2D eigenvalue weighted by Crippen LogP contribution is -2.36. The first-order valence-electron chi connectivity index (χ1n) is 10.2. The summed E-state index contributed by atoms with van der Waals surface area (Å²) >= 11 is 0. The van der Waals surface area contributed by atoms with E-state index in [2.05, 4.69) is 0 Å². The normalized spacial score (nSPS) is 18.5. The van der Waals surface area contributed by atoms with E-state index in [4.69, 9.17) is 14.2 Å². The number of rotatable bonds is 8. The van der Waals surface area contributed by atoms with Gasteiger partial charge in [-0.05, 0) is 42.7 Å². The van der Waals surface area contributed by atoms with Gasteiger partial charge in [-0.3, -0.25) is 4.79 Å². The molecule has 0 N–H and O–H groups in total. The summed E-state index contributed by atoms with van der Waals surface area (Å²) in [5.41, 5.74) is 0.618. The molecule has 1 amide bonds. The van der Waals surface area contributed by atoms with E-state index < -0.39 is 15.3 Å². The molecular formula is C23H28FNO6S. The molecule has 2 aromatic carbocycles. The van der Waals surface area contributed by atoms with Crippen molar-refractivity contribution in [1.82, 2.24) is 4.90 Å². The lowest BCUT2D eigenvalue weighted by molar-refractivity contribution is 0.0782. The lowest BCUT2D eigenvalue weighted by Gasteiger charge is -2.30. The van der Waals surface area contributed by atoms with Crippen molar-refractivity contribution in [3.05, 3.63) is 53.3 Å². The summed E-state index contributed by atoms with van der Waals surface area (Å²) in [5.74, 6) is 0.522. The highest BCUT2D eigenvalue weighted by atomic mass is 32.2. The van der Waals surface area contributed by atoms with Crippen molar-refractivity contribution in [2.75, 3.05) is 46.4 Å². The first-order valence-corrected chi connectivity index (χ1v) is 12.2. The number of sulfone groups is 1. The molecule has 0 aromatic heterocycles. The van der Waals surface area contributed by atoms with Gasteiger partial charge in [0.25, 0.3) is 5.91 Å². The van der Waals surface area contributed by atoms with E-state index in [0.29, 0.717) is 48.7 Å². The van der Waals surface area contributed by atoms with Crippen LogP contribution < -0.4 is 14.2 Å². The van der Waals surface area contributed by atoms with Crippen molar-refractivity contribution in [1.29, 1.82) is 0 Å². The minimum absolute atomic E-state index is 0.0173. The topological polar surface area (TPSA) is 82.1 Å². The van der Waals surface area contributed by atoms with Crippen molar-refractivity contribution in [3.8, 4) is 17.2 Å². The van der Waals surface area contributed by atoms with Crippen LogP contribution in [-0.4, -0.2) is 65.7 Å². The number of halogens is 1. The molecule has 1 atom stereocenters. The first-order chi connectivity index (χ1) is 15.1. The molecule has 0 saturated carbocycles. The molecule has 1 saturated heterocycles. The van der Waals surface area contributed by atoms with E-state index in [0.717, 1.165) is 5.56 Å². The molecule has 1 aliphatic heterocycles. The zero-order valence-corrected chi connectivity index (χ0v) is 19.5. The van der Waals surface area contributed by atoms with Gasteiger partial charge in [0.1, 0.15) is 15.7 Å². The average molecular weight is 466 g/mol. The Kier molecular flexibility index (Phi) is 6.97. The zero-order chi connectivity index (χ0) is 23.5. The molecule has 2 aromatic rings. The van der Waals surface area contributed by atoms with Gasteiger partial charge in [0, 0.05) is 30.3 Å². The Morgan fingerprint density at radius 1 is 1.06 bits per heavy atom. The maximum absolute atomic E-state index is 13.5. The second-order valence-electron chi connectivity index (χ2n) is 8.06. The van der Waals surface area contributed by atoms with Crippen molar-refractivity contribution >= 4 is 15.7 Å². The number of carbonyl (C=O) groups excluding carboxylic acids is 1. The summed E-state index contributed by atoms with van der Waals surface area (Å²) in [6.07, 6.45) is 2.11. The highest BCUT2D eigenvalue weighted by Gasteiger charge is 2.42. The summed E-state index contributed by atoms with van der Waals surface area (Å²) in [4.78, 5) is 15.0. The van der Waals surface area contributed by atoms with Gasteiger partial charge in [0.2, 0.25) is 5.75 Å². The minimum atomic E-state index is -3.21. The van der Waals surface area contributed by atoms with Crippen LogP contribution in [0.4, 0.5) is 4.39 Å². The van der Waals surface area contributed by atoms with Crippen LogP contribution in [0.1, 0.15) is 28.8 Å². The van der Waals surface area contributed by atoms with Gasteiger partial charge in [-0.25, -0.2) is 12.8 Å². The monoisotopic (exact) mass is 465 g/mol. The molecule has 9 heteroatoms. The lowest BCUT2D eigenvalue weighted by atomic mass is 9.77. The van der Waals surface area contributed by atoms with Crippen LogP contribution in [0.5, 0.6) is 17.2 Å². The van der Waals surface area contributed by atoms with Gasteiger partial charge in [-0.1, -0.05) is 12.1 Å². The van der Waals surface area contributed by atoms with Gasteiger partial charge in [0.15, 0.2) is 11.5 Å². The smallest absolute Gasteiger partial charge is 0.254 e. The van der Waals surface area contributed by atoms with Crippen LogP contribution in [0.2, 0.25) is 0 Å². The second-order valence-corrected chi connectivity index (χ2v) is 10.3. The van der Waals surface area contributed by atoms with E-state index in [-0.39, 0.29) is 17.5 Å². The van der Waals surface area contributed by atoms with Gasteiger partial charge < -0.3 is 19.1 Å². The number of hydrogen-bond donors (Lipinski definition) is 0. The van der Waals surface area contributed by atoms with Crippen molar-refractivity contribution in [2.24, 2.45) is 0 Å². The Morgan fingerprint density at radius 2 is 1.66 bits per heavy atom. The third-order valence-corrected chi connectivity index (χ3v) is 6.91. The number of ether oxygens (including phenoxy) is 3. The number of nitrogens with zero attached hydrogens (tertiary/aromatic N) is 1. The van der Waals surface area contributed by atoms with Crippen molar-refractivity contribution in [2.45, 2.75) is 18.3 Å². The number of methoxy groups -OCH3 is 3. The minimum Gasteiger partial charge on any atom is -0.493 e. The van der Waals surface area contributed by atoms with Gasteiger partial charge in [-0.15, -0.1) is 0 Å². The van der Waals surface area contributed by atoms with Gasteiger partial charge in [-0.2, -0.15) is 0 Å². The standard InChI is InChI=1S/C23H28FNO6S/c1-29-19-13-16(14-20(30-2)21(19)31-3)22(26)25-11-9-23(15-25,10-12-32(4,27)28)17-5-7-18(24)8-6-17/h5-8,13-14H,9-12,15H2,1-4H3. The van der Waals surface area contributed by atoms with Crippen molar-refractivity contribution in [3.63, 3.8) is 0 Å². The Bertz CT molecular complexity index is 1060. The summed E-state index contributed by atoms with van der Waals surface area (Å²) < 4.78 is 53.3. The number of hydrogen-bond acceptors (Lipinski definition) is 6. The molecule has 7 nitrogen and oxygen atoms in total. The first kappa shape index (κ1) is 23.8. The number of benzene rings is 2. The third kappa shape index (κ3) is 4.98. The Morgan fingerprint density at radius 3 is 2.16 bits per heavy atom. The predicted octanol–water partition coefficient (Wildman–Crippen LogP) is 3.07. The Labute approximate surface area is 188 Å². The van der Waals surface area contributed by atoms with Crippen LogP contribution >= 0.6 is 0 Å². The molecule has 32 heavy (non-hydrogen) atoms.